The largest absolute Gasteiger partial charge is 0.346 e. The molecule has 3 aromatic rings. The summed E-state index contributed by atoms with van der Waals surface area (Å²) in [6, 6.07) is 9.87. The number of benzene rings is 1. The predicted molar refractivity (Wildman–Crippen MR) is 91.0 cm³/mol. The predicted octanol–water partition coefficient (Wildman–Crippen LogP) is 3.00. The minimum Gasteiger partial charge on any atom is -0.346 e. The van der Waals surface area contributed by atoms with Gasteiger partial charge in [0.25, 0.3) is 0 Å². The van der Waals surface area contributed by atoms with Crippen LogP contribution in [0.1, 0.15) is 38.6 Å². The zero-order valence-corrected chi connectivity index (χ0v) is 13.7. The number of fused-ring (bicyclic) bond motifs is 1. The topological polar surface area (TPSA) is 83.6 Å². The van der Waals surface area contributed by atoms with Gasteiger partial charge in [-0.25, -0.2) is 0 Å². The van der Waals surface area contributed by atoms with Crippen molar-refractivity contribution in [3.8, 4) is 11.5 Å². The van der Waals surface area contributed by atoms with Crippen LogP contribution in [0.25, 0.3) is 22.3 Å². The Labute approximate surface area is 139 Å². The van der Waals surface area contributed by atoms with Crippen LogP contribution < -0.4 is 5.32 Å². The molecule has 1 aromatic carbocycles. The van der Waals surface area contributed by atoms with E-state index in [1.165, 1.54) is 0 Å². The lowest BCUT2D eigenvalue weighted by atomic mass is 9.79. The van der Waals surface area contributed by atoms with Crippen molar-refractivity contribution in [2.45, 2.75) is 32.7 Å². The zero-order chi connectivity index (χ0) is 16.7. The number of aromatic nitrogens is 4. The highest BCUT2D eigenvalue weighted by Crippen LogP contribution is 2.36. The summed E-state index contributed by atoms with van der Waals surface area (Å²) in [6.45, 7) is 4.20. The van der Waals surface area contributed by atoms with Crippen LogP contribution in [0.2, 0.25) is 0 Å². The summed E-state index contributed by atoms with van der Waals surface area (Å²) in [5.41, 5.74) is 0.728. The number of amides is 1. The number of aromatic amines is 1. The fourth-order valence-corrected chi connectivity index (χ4v) is 3.37. The van der Waals surface area contributed by atoms with Gasteiger partial charge < -0.3 is 10.3 Å². The third kappa shape index (κ3) is 2.64. The highest BCUT2D eigenvalue weighted by molar-refractivity contribution is 5.92. The summed E-state index contributed by atoms with van der Waals surface area (Å²) in [5.74, 6) is 1.36. The van der Waals surface area contributed by atoms with E-state index in [0.717, 1.165) is 22.9 Å². The van der Waals surface area contributed by atoms with Gasteiger partial charge in [0, 0.05) is 18.0 Å². The molecule has 1 saturated heterocycles. The van der Waals surface area contributed by atoms with Gasteiger partial charge in [0.2, 0.25) is 5.91 Å². The zero-order valence-electron chi connectivity index (χ0n) is 13.7. The van der Waals surface area contributed by atoms with Crippen LogP contribution in [0.4, 0.5) is 0 Å². The van der Waals surface area contributed by atoms with Crippen molar-refractivity contribution in [2.75, 3.05) is 0 Å². The van der Waals surface area contributed by atoms with Crippen LogP contribution >= 0.6 is 0 Å². The van der Waals surface area contributed by atoms with Crippen molar-refractivity contribution in [1.82, 2.24) is 25.5 Å². The maximum absolute atomic E-state index is 11.9. The SMILES string of the molecule is CC1(C)CC(=O)NC(c2nnc(-c3nccc4ccccc34)[nH]2)C1. The van der Waals surface area contributed by atoms with E-state index in [9.17, 15) is 4.79 Å². The van der Waals surface area contributed by atoms with Gasteiger partial charge >= 0.3 is 0 Å². The van der Waals surface area contributed by atoms with Gasteiger partial charge in [0.15, 0.2) is 11.6 Å². The third-order valence-corrected chi connectivity index (χ3v) is 4.46. The molecule has 0 saturated carbocycles. The van der Waals surface area contributed by atoms with Crippen LogP contribution in [0.5, 0.6) is 0 Å². The molecule has 3 heterocycles. The molecule has 2 N–H and O–H groups in total. The fourth-order valence-electron chi connectivity index (χ4n) is 3.37. The van der Waals surface area contributed by atoms with Gasteiger partial charge in [-0.15, -0.1) is 10.2 Å². The molecule has 6 nitrogen and oxygen atoms in total. The molecule has 2 aromatic heterocycles. The van der Waals surface area contributed by atoms with E-state index in [0.29, 0.717) is 18.1 Å². The number of carbonyl (C=O) groups is 1. The Morgan fingerprint density at radius 2 is 2.00 bits per heavy atom. The Hall–Kier alpha value is -2.76. The molecule has 0 radical (unpaired) electrons. The number of piperidine rings is 1. The molecule has 1 amide bonds. The summed E-state index contributed by atoms with van der Waals surface area (Å²) in [6.07, 6.45) is 3.14. The van der Waals surface area contributed by atoms with Gasteiger partial charge in [-0.1, -0.05) is 38.1 Å². The second-order valence-electron chi connectivity index (χ2n) is 7.10. The van der Waals surface area contributed by atoms with E-state index in [1.54, 1.807) is 6.20 Å². The first-order chi connectivity index (χ1) is 11.5. The first-order valence-electron chi connectivity index (χ1n) is 8.08. The number of pyridine rings is 1. The molecule has 122 valence electrons. The second kappa shape index (κ2) is 5.40. The summed E-state index contributed by atoms with van der Waals surface area (Å²) in [5, 5.41) is 13.7. The molecule has 0 aliphatic carbocycles. The third-order valence-electron chi connectivity index (χ3n) is 4.46. The number of carbonyl (C=O) groups excluding carboxylic acids is 1. The van der Waals surface area contributed by atoms with Crippen molar-refractivity contribution in [3.63, 3.8) is 0 Å². The van der Waals surface area contributed by atoms with Crippen LogP contribution in [0, 0.1) is 5.41 Å². The second-order valence-corrected chi connectivity index (χ2v) is 7.10. The Kier molecular flexibility index (Phi) is 3.33. The average Bonchev–Trinajstić information content (AvgIpc) is 3.02. The monoisotopic (exact) mass is 321 g/mol. The van der Waals surface area contributed by atoms with Gasteiger partial charge in [-0.3, -0.25) is 9.78 Å². The van der Waals surface area contributed by atoms with E-state index >= 15 is 0 Å². The molecule has 0 spiro atoms. The van der Waals surface area contributed by atoms with Crippen LogP contribution in [-0.2, 0) is 4.79 Å². The number of nitrogens with one attached hydrogen (secondary N) is 2. The van der Waals surface area contributed by atoms with E-state index < -0.39 is 0 Å². The summed E-state index contributed by atoms with van der Waals surface area (Å²) in [7, 11) is 0. The van der Waals surface area contributed by atoms with E-state index in [1.807, 2.05) is 30.3 Å². The van der Waals surface area contributed by atoms with Gasteiger partial charge in [-0.2, -0.15) is 0 Å². The molecule has 1 fully saturated rings. The Bertz CT molecular complexity index is 909. The van der Waals surface area contributed by atoms with Gasteiger partial charge in [0.05, 0.1) is 6.04 Å². The fraction of sp³-hybridized carbons (Fsp3) is 0.333. The number of H-pyrrole nitrogens is 1. The Balaban J connectivity index is 1.71. The standard InChI is InChI=1S/C18H19N5O/c1-18(2)9-13(20-14(24)10-18)16-21-17(23-22-16)15-12-6-4-3-5-11(12)7-8-19-15/h3-8,13H,9-10H2,1-2H3,(H,20,24)(H,21,22,23). The summed E-state index contributed by atoms with van der Waals surface area (Å²) in [4.78, 5) is 19.6. The lowest BCUT2D eigenvalue weighted by molar-refractivity contribution is -0.126. The lowest BCUT2D eigenvalue weighted by Gasteiger charge is -2.34. The number of hydrogen-bond acceptors (Lipinski definition) is 4. The van der Waals surface area contributed by atoms with E-state index in [2.05, 4.69) is 39.3 Å². The molecule has 1 atom stereocenters. The van der Waals surface area contributed by atoms with E-state index in [4.69, 9.17) is 0 Å². The quantitative estimate of drug-likeness (QED) is 0.760. The highest BCUT2D eigenvalue weighted by Gasteiger charge is 2.34. The van der Waals surface area contributed by atoms with E-state index in [-0.39, 0.29) is 17.4 Å². The molecule has 1 unspecified atom stereocenters. The maximum Gasteiger partial charge on any atom is 0.221 e. The van der Waals surface area contributed by atoms with Gasteiger partial charge in [0.1, 0.15) is 5.69 Å². The molecule has 4 rings (SSSR count). The average molecular weight is 321 g/mol. The van der Waals surface area contributed by atoms with Crippen molar-refractivity contribution >= 4 is 16.7 Å². The van der Waals surface area contributed by atoms with Crippen LogP contribution in [-0.4, -0.2) is 26.1 Å². The van der Waals surface area contributed by atoms with Crippen LogP contribution in [0.3, 0.4) is 0 Å². The van der Waals surface area contributed by atoms with Crippen molar-refractivity contribution < 1.29 is 4.79 Å². The van der Waals surface area contributed by atoms with Gasteiger partial charge in [-0.05, 0) is 23.3 Å². The Morgan fingerprint density at radius 3 is 2.83 bits per heavy atom. The van der Waals surface area contributed by atoms with Crippen molar-refractivity contribution in [1.29, 1.82) is 0 Å². The molecular formula is C18H19N5O. The van der Waals surface area contributed by atoms with Crippen LogP contribution in [0.15, 0.2) is 36.5 Å². The number of rotatable bonds is 2. The first kappa shape index (κ1) is 14.8. The first-order valence-corrected chi connectivity index (χ1v) is 8.08. The molecule has 24 heavy (non-hydrogen) atoms. The summed E-state index contributed by atoms with van der Waals surface area (Å²) >= 11 is 0. The highest BCUT2D eigenvalue weighted by atomic mass is 16.1. The molecule has 0 bridgehead atoms. The minimum absolute atomic E-state index is 0.0440. The summed E-state index contributed by atoms with van der Waals surface area (Å²) < 4.78 is 0. The lowest BCUT2D eigenvalue weighted by Crippen LogP contribution is -2.40. The van der Waals surface area contributed by atoms with Crippen molar-refractivity contribution in [2.24, 2.45) is 5.41 Å². The Morgan fingerprint density at radius 1 is 1.17 bits per heavy atom. The maximum atomic E-state index is 11.9. The number of hydrogen-bond donors (Lipinski definition) is 2. The normalized spacial score (nSPS) is 20.1. The van der Waals surface area contributed by atoms with Crippen molar-refractivity contribution in [3.05, 3.63) is 42.4 Å². The smallest absolute Gasteiger partial charge is 0.221 e. The number of nitrogens with zero attached hydrogens (tertiary/aromatic N) is 3. The molecule has 6 heteroatoms. The minimum atomic E-state index is -0.141. The molecule has 1 aliphatic heterocycles. The molecule has 1 aliphatic rings. The molecular weight excluding hydrogens is 302 g/mol.